The predicted molar refractivity (Wildman–Crippen MR) is 84.7 cm³/mol. The Bertz CT molecular complexity index is 839. The SMILES string of the molecule is CS(=O)(=O)n1c(C2CC3(CC3)CN2)cc2cnc(Br)cc21. The fourth-order valence-electron chi connectivity index (χ4n) is 3.37. The lowest BCUT2D eigenvalue weighted by atomic mass is 10.0. The normalized spacial score (nSPS) is 24.0. The first-order valence-electron chi connectivity index (χ1n) is 6.99. The Morgan fingerprint density at radius 1 is 1.43 bits per heavy atom. The minimum absolute atomic E-state index is 0.105. The topological polar surface area (TPSA) is 64.0 Å². The first-order valence-corrected chi connectivity index (χ1v) is 9.63. The van der Waals surface area contributed by atoms with Crippen LogP contribution in [0.4, 0.5) is 0 Å². The van der Waals surface area contributed by atoms with Gasteiger partial charge in [-0.3, -0.25) is 0 Å². The molecule has 1 saturated heterocycles. The second-order valence-corrected chi connectivity index (χ2v) is 8.94. The summed E-state index contributed by atoms with van der Waals surface area (Å²) >= 11 is 3.32. The fraction of sp³-hybridized carbons (Fsp3) is 0.500. The molecule has 1 N–H and O–H groups in total. The highest BCUT2D eigenvalue weighted by Crippen LogP contribution is 2.55. The monoisotopic (exact) mass is 369 g/mol. The van der Waals surface area contributed by atoms with Gasteiger partial charge in [-0.15, -0.1) is 0 Å². The molecule has 1 aliphatic carbocycles. The van der Waals surface area contributed by atoms with E-state index in [1.54, 1.807) is 12.3 Å². The van der Waals surface area contributed by atoms with Crippen LogP contribution in [0.25, 0.3) is 10.9 Å². The Balaban J connectivity index is 1.91. The molecule has 2 fully saturated rings. The average molecular weight is 370 g/mol. The summed E-state index contributed by atoms with van der Waals surface area (Å²) in [5.74, 6) is 0. The summed E-state index contributed by atoms with van der Waals surface area (Å²) < 4.78 is 26.7. The van der Waals surface area contributed by atoms with Crippen molar-refractivity contribution < 1.29 is 8.42 Å². The standard InChI is InChI=1S/C14H16BrN3O2S/c1-21(19,20)18-11-5-13(15)16-7-9(11)4-12(18)10-6-14(2-3-14)8-17-10/h4-5,7,10,17H,2-3,6,8H2,1H3. The molecule has 1 atom stereocenters. The zero-order valence-electron chi connectivity index (χ0n) is 11.6. The molecule has 0 amide bonds. The van der Waals surface area contributed by atoms with Crippen LogP contribution in [0.15, 0.2) is 22.9 Å². The maximum atomic E-state index is 12.3. The van der Waals surface area contributed by atoms with Gasteiger partial charge in [0.2, 0.25) is 10.0 Å². The van der Waals surface area contributed by atoms with Gasteiger partial charge in [0.1, 0.15) is 4.60 Å². The van der Waals surface area contributed by atoms with Crippen LogP contribution >= 0.6 is 15.9 Å². The van der Waals surface area contributed by atoms with Gasteiger partial charge in [0.15, 0.2) is 0 Å². The van der Waals surface area contributed by atoms with Gasteiger partial charge in [-0.05, 0) is 52.7 Å². The third kappa shape index (κ3) is 2.22. The number of nitrogens with zero attached hydrogens (tertiary/aromatic N) is 2. The molecule has 1 saturated carbocycles. The number of hydrogen-bond acceptors (Lipinski definition) is 4. The zero-order chi connectivity index (χ0) is 14.8. The van der Waals surface area contributed by atoms with Crippen molar-refractivity contribution in [3.63, 3.8) is 0 Å². The molecule has 1 spiro atoms. The zero-order valence-corrected chi connectivity index (χ0v) is 14.0. The summed E-state index contributed by atoms with van der Waals surface area (Å²) in [6, 6.07) is 3.82. The highest BCUT2D eigenvalue weighted by atomic mass is 79.9. The quantitative estimate of drug-likeness (QED) is 0.825. The van der Waals surface area contributed by atoms with E-state index in [0.717, 1.165) is 24.0 Å². The van der Waals surface area contributed by atoms with Crippen molar-refractivity contribution in [3.8, 4) is 0 Å². The van der Waals surface area contributed by atoms with E-state index in [4.69, 9.17) is 0 Å². The fourth-order valence-corrected chi connectivity index (χ4v) is 4.77. The lowest BCUT2D eigenvalue weighted by Crippen LogP contribution is -2.21. The van der Waals surface area contributed by atoms with Gasteiger partial charge < -0.3 is 5.32 Å². The maximum Gasteiger partial charge on any atom is 0.236 e. The predicted octanol–water partition coefficient (Wildman–Crippen LogP) is 2.42. The van der Waals surface area contributed by atoms with E-state index in [1.807, 2.05) is 6.07 Å². The van der Waals surface area contributed by atoms with Crippen molar-refractivity contribution >= 4 is 36.9 Å². The van der Waals surface area contributed by atoms with E-state index >= 15 is 0 Å². The van der Waals surface area contributed by atoms with Crippen molar-refractivity contribution in [3.05, 3.63) is 28.6 Å². The maximum absolute atomic E-state index is 12.3. The lowest BCUT2D eigenvalue weighted by Gasteiger charge is -2.14. The molecule has 2 aromatic rings. The van der Waals surface area contributed by atoms with Crippen LogP contribution in [0.1, 0.15) is 31.0 Å². The Morgan fingerprint density at radius 3 is 2.81 bits per heavy atom. The van der Waals surface area contributed by atoms with Crippen LogP contribution in [-0.2, 0) is 10.0 Å². The number of nitrogens with one attached hydrogen (secondary N) is 1. The lowest BCUT2D eigenvalue weighted by molar-refractivity contribution is 0.542. The minimum Gasteiger partial charge on any atom is -0.308 e. The second-order valence-electron chi connectivity index (χ2n) is 6.30. The number of pyridine rings is 1. The smallest absolute Gasteiger partial charge is 0.236 e. The van der Waals surface area contributed by atoms with Crippen molar-refractivity contribution in [2.75, 3.05) is 12.8 Å². The Hall–Kier alpha value is -0.920. The number of aromatic nitrogens is 2. The van der Waals surface area contributed by atoms with Gasteiger partial charge in [0.25, 0.3) is 0 Å². The first-order chi connectivity index (χ1) is 9.88. The summed E-state index contributed by atoms with van der Waals surface area (Å²) in [7, 11) is -3.36. The van der Waals surface area contributed by atoms with E-state index in [2.05, 4.69) is 26.2 Å². The molecular weight excluding hydrogens is 354 g/mol. The van der Waals surface area contributed by atoms with Gasteiger partial charge >= 0.3 is 0 Å². The molecule has 2 aromatic heterocycles. The van der Waals surface area contributed by atoms with Gasteiger partial charge in [-0.1, -0.05) is 0 Å². The second kappa shape index (κ2) is 4.30. The first kappa shape index (κ1) is 13.7. The molecule has 1 unspecified atom stereocenters. The van der Waals surface area contributed by atoms with E-state index in [1.165, 1.54) is 23.1 Å². The molecule has 1 aliphatic heterocycles. The molecule has 0 aromatic carbocycles. The Morgan fingerprint density at radius 2 is 2.19 bits per heavy atom. The van der Waals surface area contributed by atoms with Crippen molar-refractivity contribution in [2.24, 2.45) is 5.41 Å². The molecule has 3 heterocycles. The van der Waals surface area contributed by atoms with E-state index in [0.29, 0.717) is 15.5 Å². The van der Waals surface area contributed by atoms with Crippen LogP contribution in [0.5, 0.6) is 0 Å². The Labute approximate surface area is 131 Å². The summed E-state index contributed by atoms with van der Waals surface area (Å²) in [6.45, 7) is 0.991. The largest absolute Gasteiger partial charge is 0.308 e. The molecule has 0 radical (unpaired) electrons. The molecule has 112 valence electrons. The van der Waals surface area contributed by atoms with E-state index in [-0.39, 0.29) is 6.04 Å². The summed E-state index contributed by atoms with van der Waals surface area (Å²) in [5.41, 5.74) is 1.94. The van der Waals surface area contributed by atoms with Gasteiger partial charge in [-0.25, -0.2) is 17.4 Å². The summed E-state index contributed by atoms with van der Waals surface area (Å²) in [6.07, 6.45) is 6.50. The van der Waals surface area contributed by atoms with Crippen LogP contribution in [0, 0.1) is 5.41 Å². The highest BCUT2D eigenvalue weighted by molar-refractivity contribution is 9.10. The van der Waals surface area contributed by atoms with Crippen LogP contribution < -0.4 is 5.32 Å². The summed E-state index contributed by atoms with van der Waals surface area (Å²) in [4.78, 5) is 4.20. The van der Waals surface area contributed by atoms with Gasteiger partial charge in [0.05, 0.1) is 17.5 Å². The van der Waals surface area contributed by atoms with E-state index in [9.17, 15) is 8.42 Å². The average Bonchev–Trinajstić information content (AvgIpc) is 2.84. The highest BCUT2D eigenvalue weighted by Gasteiger charge is 2.49. The third-order valence-corrected chi connectivity index (χ3v) is 6.15. The number of fused-ring (bicyclic) bond motifs is 1. The third-order valence-electron chi connectivity index (χ3n) is 4.64. The number of rotatable bonds is 2. The van der Waals surface area contributed by atoms with Crippen molar-refractivity contribution in [2.45, 2.75) is 25.3 Å². The Kier molecular flexibility index (Phi) is 2.81. The summed E-state index contributed by atoms with van der Waals surface area (Å²) in [5, 5.41) is 4.35. The molecule has 5 nitrogen and oxygen atoms in total. The van der Waals surface area contributed by atoms with Crippen LogP contribution in [0.2, 0.25) is 0 Å². The molecule has 7 heteroatoms. The molecular formula is C14H16BrN3O2S. The molecule has 21 heavy (non-hydrogen) atoms. The molecule has 0 bridgehead atoms. The van der Waals surface area contributed by atoms with Gasteiger partial charge in [0, 0.05) is 24.2 Å². The van der Waals surface area contributed by atoms with Crippen LogP contribution in [0.3, 0.4) is 0 Å². The van der Waals surface area contributed by atoms with Crippen LogP contribution in [-0.4, -0.2) is 30.2 Å². The molecule has 2 aliphatic rings. The molecule has 4 rings (SSSR count). The number of halogens is 1. The van der Waals surface area contributed by atoms with Crippen molar-refractivity contribution in [1.29, 1.82) is 0 Å². The number of hydrogen-bond donors (Lipinski definition) is 1. The van der Waals surface area contributed by atoms with Gasteiger partial charge in [-0.2, -0.15) is 0 Å². The van der Waals surface area contributed by atoms with Crippen molar-refractivity contribution in [1.82, 2.24) is 14.3 Å². The minimum atomic E-state index is -3.36. The van der Waals surface area contributed by atoms with E-state index < -0.39 is 10.0 Å².